The van der Waals surface area contributed by atoms with E-state index in [0.717, 1.165) is 54.9 Å². The molecule has 33 heavy (non-hydrogen) atoms. The zero-order chi connectivity index (χ0) is 22.8. The van der Waals surface area contributed by atoms with Crippen LogP contribution >= 0.6 is 0 Å². The van der Waals surface area contributed by atoms with Gasteiger partial charge in [-0.25, -0.2) is 0 Å². The molecule has 4 nitrogen and oxygen atoms in total. The summed E-state index contributed by atoms with van der Waals surface area (Å²) < 4.78 is 46.3. The van der Waals surface area contributed by atoms with Crippen LogP contribution in [0.15, 0.2) is 48.5 Å². The van der Waals surface area contributed by atoms with E-state index in [1.165, 1.54) is 56.4 Å². The molecule has 2 aromatic carbocycles. The Morgan fingerprint density at radius 1 is 0.727 bits per heavy atom. The second kappa shape index (κ2) is 9.55. The predicted molar refractivity (Wildman–Crippen MR) is 120 cm³/mol. The topological polar surface area (TPSA) is 42.5 Å². The Hall–Kier alpha value is -2.25. The molecule has 0 atom stereocenters. The van der Waals surface area contributed by atoms with Gasteiger partial charge in [0.1, 0.15) is 17.2 Å². The Balaban J connectivity index is 1.02. The van der Waals surface area contributed by atoms with Gasteiger partial charge in [-0.2, -0.15) is 0 Å². The van der Waals surface area contributed by atoms with E-state index in [2.05, 4.69) is 15.4 Å². The molecule has 7 heteroatoms. The van der Waals surface area contributed by atoms with Crippen LogP contribution in [0.4, 0.5) is 13.2 Å². The Bertz CT molecular complexity index is 887. The fourth-order valence-electron chi connectivity index (χ4n) is 6.34. The van der Waals surface area contributed by atoms with E-state index in [-0.39, 0.29) is 5.75 Å². The van der Waals surface area contributed by atoms with Crippen molar-refractivity contribution >= 4 is 0 Å². The highest BCUT2D eigenvalue weighted by Gasteiger charge is 2.47. The summed E-state index contributed by atoms with van der Waals surface area (Å²) in [7, 11) is 0. The third-order valence-electron chi connectivity index (χ3n) is 7.45. The van der Waals surface area contributed by atoms with E-state index in [1.807, 2.05) is 24.3 Å². The molecule has 4 bridgehead atoms. The molecule has 0 heterocycles. The molecular weight excluding hydrogens is 429 g/mol. The molecule has 0 saturated heterocycles. The number of nitrogens with one attached hydrogen (secondary N) is 2. The Morgan fingerprint density at radius 3 is 1.85 bits per heavy atom. The summed E-state index contributed by atoms with van der Waals surface area (Å²) in [6, 6.07) is 13.8. The van der Waals surface area contributed by atoms with E-state index < -0.39 is 6.36 Å². The van der Waals surface area contributed by atoms with Crippen LogP contribution in [0.3, 0.4) is 0 Å². The summed E-state index contributed by atoms with van der Waals surface area (Å²) in [4.78, 5) is 0. The van der Waals surface area contributed by atoms with Crippen LogP contribution < -0.4 is 20.1 Å². The van der Waals surface area contributed by atoms with Crippen molar-refractivity contribution in [3.8, 4) is 17.2 Å². The second-order valence-corrected chi connectivity index (χ2v) is 9.85. The normalized spacial score (nSPS) is 28.2. The largest absolute Gasteiger partial charge is 0.573 e. The molecule has 0 aliphatic heterocycles. The van der Waals surface area contributed by atoms with Crippen molar-refractivity contribution in [2.45, 2.75) is 51.1 Å². The van der Waals surface area contributed by atoms with Crippen molar-refractivity contribution in [1.82, 2.24) is 10.6 Å². The van der Waals surface area contributed by atoms with Gasteiger partial charge in [0.05, 0.1) is 0 Å². The lowest BCUT2D eigenvalue weighted by Gasteiger charge is -2.54. The van der Waals surface area contributed by atoms with Crippen molar-refractivity contribution in [1.29, 1.82) is 0 Å². The van der Waals surface area contributed by atoms with E-state index in [9.17, 15) is 13.2 Å². The maximum atomic E-state index is 12.2. The van der Waals surface area contributed by atoms with Crippen molar-refractivity contribution in [2.24, 2.45) is 23.7 Å². The molecule has 4 aliphatic carbocycles. The van der Waals surface area contributed by atoms with Gasteiger partial charge in [-0.05, 0) is 97.7 Å². The number of alkyl halides is 3. The van der Waals surface area contributed by atoms with Gasteiger partial charge in [-0.3, -0.25) is 0 Å². The van der Waals surface area contributed by atoms with Crippen LogP contribution in [0.25, 0.3) is 0 Å². The molecule has 0 aromatic heterocycles. The van der Waals surface area contributed by atoms with Gasteiger partial charge in [0.25, 0.3) is 0 Å². The van der Waals surface area contributed by atoms with E-state index in [1.54, 1.807) is 0 Å². The smallest absolute Gasteiger partial charge is 0.457 e. The van der Waals surface area contributed by atoms with Gasteiger partial charge in [-0.1, -0.05) is 12.1 Å². The maximum Gasteiger partial charge on any atom is 0.573 e. The number of ether oxygens (including phenoxy) is 2. The average Bonchev–Trinajstić information content (AvgIpc) is 2.76. The molecule has 4 saturated carbocycles. The van der Waals surface area contributed by atoms with Gasteiger partial charge in [0.15, 0.2) is 0 Å². The molecule has 0 amide bonds. The maximum absolute atomic E-state index is 12.2. The molecule has 2 aromatic rings. The quantitative estimate of drug-likeness (QED) is 0.459. The minimum atomic E-state index is -4.70. The van der Waals surface area contributed by atoms with Crippen molar-refractivity contribution in [3.63, 3.8) is 0 Å². The fourth-order valence-corrected chi connectivity index (χ4v) is 6.34. The Kier molecular flexibility index (Phi) is 6.52. The number of halogens is 3. The van der Waals surface area contributed by atoms with Crippen LogP contribution in [0, 0.1) is 23.7 Å². The van der Waals surface area contributed by atoms with E-state index in [4.69, 9.17) is 4.74 Å². The average molecular weight is 461 g/mol. The van der Waals surface area contributed by atoms with Gasteiger partial charge in [-0.15, -0.1) is 13.2 Å². The zero-order valence-electron chi connectivity index (χ0n) is 18.6. The molecule has 0 unspecified atom stereocenters. The minimum absolute atomic E-state index is 0.269. The number of hydrogen-bond acceptors (Lipinski definition) is 4. The summed E-state index contributed by atoms with van der Waals surface area (Å²) in [5.74, 6) is 4.65. The molecule has 4 aliphatic rings. The Labute approximate surface area is 192 Å². The summed E-state index contributed by atoms with van der Waals surface area (Å²) in [5.41, 5.74) is 1.16. The first-order chi connectivity index (χ1) is 15.9. The second-order valence-electron chi connectivity index (χ2n) is 9.85. The molecular formula is C26H31F3N2O2. The first-order valence-electron chi connectivity index (χ1n) is 12.0. The third-order valence-corrected chi connectivity index (χ3v) is 7.45. The first-order valence-corrected chi connectivity index (χ1v) is 12.0. The van der Waals surface area contributed by atoms with Gasteiger partial charge in [0, 0.05) is 25.7 Å². The predicted octanol–water partition coefficient (Wildman–Crippen LogP) is 5.88. The minimum Gasteiger partial charge on any atom is -0.457 e. The van der Waals surface area contributed by atoms with Crippen molar-refractivity contribution in [2.75, 3.05) is 13.1 Å². The van der Waals surface area contributed by atoms with Crippen LogP contribution in [0.5, 0.6) is 17.2 Å². The SMILES string of the molecule is FC(F)(F)Oc1ccc(Oc2ccc(CNCCNC3C4CC5CC(C4)CC3C5)cc2)cc1. The lowest BCUT2D eigenvalue weighted by atomic mass is 9.54. The van der Waals surface area contributed by atoms with Gasteiger partial charge >= 0.3 is 6.36 Å². The third kappa shape index (κ3) is 5.82. The number of rotatable bonds is 9. The van der Waals surface area contributed by atoms with Gasteiger partial charge in [0.2, 0.25) is 0 Å². The molecule has 178 valence electrons. The fraction of sp³-hybridized carbons (Fsp3) is 0.538. The van der Waals surface area contributed by atoms with E-state index in [0.29, 0.717) is 11.5 Å². The van der Waals surface area contributed by atoms with Crippen LogP contribution in [0.2, 0.25) is 0 Å². The lowest BCUT2D eigenvalue weighted by molar-refractivity contribution is -0.274. The highest BCUT2D eigenvalue weighted by atomic mass is 19.4. The summed E-state index contributed by atoms with van der Waals surface area (Å²) >= 11 is 0. The highest BCUT2D eigenvalue weighted by molar-refractivity contribution is 5.36. The standard InChI is InChI=1S/C26H31F3N2O2/c27-26(28,29)33-24-7-5-23(6-8-24)32-22-3-1-17(2-4-22)16-30-9-10-31-25-20-12-18-11-19(14-20)15-21(25)13-18/h1-8,18-21,25,30-31H,9-16H2. The Morgan fingerprint density at radius 2 is 1.27 bits per heavy atom. The summed E-state index contributed by atoms with van der Waals surface area (Å²) in [5, 5.41) is 7.36. The molecule has 0 radical (unpaired) electrons. The molecule has 2 N–H and O–H groups in total. The summed E-state index contributed by atoms with van der Waals surface area (Å²) in [6.45, 7) is 2.72. The van der Waals surface area contributed by atoms with Crippen molar-refractivity contribution < 1.29 is 22.6 Å². The van der Waals surface area contributed by atoms with Crippen LogP contribution in [0.1, 0.15) is 37.7 Å². The summed E-state index contributed by atoms with van der Waals surface area (Å²) in [6.07, 6.45) is 2.57. The first kappa shape index (κ1) is 22.5. The molecule has 6 rings (SSSR count). The monoisotopic (exact) mass is 460 g/mol. The number of hydrogen-bond donors (Lipinski definition) is 2. The highest BCUT2D eigenvalue weighted by Crippen LogP contribution is 2.53. The van der Waals surface area contributed by atoms with Gasteiger partial charge < -0.3 is 20.1 Å². The molecule has 0 spiro atoms. The van der Waals surface area contributed by atoms with Crippen molar-refractivity contribution in [3.05, 3.63) is 54.1 Å². The number of benzene rings is 2. The lowest BCUT2D eigenvalue weighted by Crippen LogP contribution is -2.55. The van der Waals surface area contributed by atoms with E-state index >= 15 is 0 Å². The van der Waals surface area contributed by atoms with Crippen LogP contribution in [-0.2, 0) is 6.54 Å². The van der Waals surface area contributed by atoms with Crippen LogP contribution in [-0.4, -0.2) is 25.5 Å². The zero-order valence-corrected chi connectivity index (χ0v) is 18.6. The molecule has 4 fully saturated rings.